The Labute approximate surface area is 131 Å². The van der Waals surface area contributed by atoms with Gasteiger partial charge in [-0.25, -0.2) is 13.6 Å². The summed E-state index contributed by atoms with van der Waals surface area (Å²) < 4.78 is 23.4. The highest BCUT2D eigenvalue weighted by atomic mass is 79.9. The van der Waals surface area contributed by atoms with Gasteiger partial charge in [0.15, 0.2) is 0 Å². The van der Waals surface area contributed by atoms with E-state index in [0.717, 1.165) is 10.0 Å². The van der Waals surface area contributed by atoms with Crippen molar-refractivity contribution >= 4 is 43.2 Å². The summed E-state index contributed by atoms with van der Waals surface area (Å²) in [6.07, 6.45) is 0. The van der Waals surface area contributed by atoms with Gasteiger partial charge >= 0.3 is 0 Å². The zero-order chi connectivity index (χ0) is 14.8. The highest BCUT2D eigenvalue weighted by Crippen LogP contribution is 2.23. The van der Waals surface area contributed by atoms with Crippen molar-refractivity contribution in [3.8, 4) is 0 Å². The molecule has 0 fully saturated rings. The van der Waals surface area contributed by atoms with Crippen LogP contribution in [0.4, 0.5) is 5.69 Å². The van der Waals surface area contributed by atoms with Crippen LogP contribution in [0.5, 0.6) is 0 Å². The van der Waals surface area contributed by atoms with Crippen molar-refractivity contribution in [1.82, 2.24) is 0 Å². The minimum absolute atomic E-state index is 0.0799. The molecule has 7 heteroatoms. The summed E-state index contributed by atoms with van der Waals surface area (Å²) in [7, 11) is -3.69. The molecule has 2 aromatic rings. The quantitative estimate of drug-likeness (QED) is 0.860. The van der Waals surface area contributed by atoms with Crippen LogP contribution in [-0.4, -0.2) is 8.42 Å². The molecule has 0 unspecified atom stereocenters. The average molecular weight is 376 g/mol. The van der Waals surface area contributed by atoms with Crippen LogP contribution in [0.15, 0.2) is 51.8 Å². The highest BCUT2D eigenvalue weighted by molar-refractivity contribution is 9.10. The molecule has 0 atom stereocenters. The zero-order valence-corrected chi connectivity index (χ0v) is 13.5. The molecule has 0 radical (unpaired) electrons. The first-order valence-corrected chi connectivity index (χ1v) is 8.38. The molecule has 4 nitrogen and oxygen atoms in total. The van der Waals surface area contributed by atoms with Crippen LogP contribution in [0.25, 0.3) is 0 Å². The van der Waals surface area contributed by atoms with Crippen LogP contribution < -0.4 is 10.5 Å². The molecule has 0 heterocycles. The first-order valence-electron chi connectivity index (χ1n) is 5.67. The summed E-state index contributed by atoms with van der Waals surface area (Å²) in [6.45, 7) is 0.529. The molecule has 0 aromatic heterocycles. The average Bonchev–Trinajstić information content (AvgIpc) is 2.39. The molecule has 0 spiro atoms. The monoisotopic (exact) mass is 374 g/mol. The van der Waals surface area contributed by atoms with Gasteiger partial charge < -0.3 is 5.32 Å². The number of rotatable bonds is 4. The SMILES string of the molecule is NS(=O)(=O)c1cccc(NCc2ccc(Br)c(Cl)c2)c1. The molecule has 0 aliphatic rings. The van der Waals surface area contributed by atoms with E-state index < -0.39 is 10.0 Å². The Morgan fingerprint density at radius 2 is 1.95 bits per heavy atom. The number of hydrogen-bond acceptors (Lipinski definition) is 3. The summed E-state index contributed by atoms with van der Waals surface area (Å²) in [5.74, 6) is 0. The van der Waals surface area contributed by atoms with E-state index in [0.29, 0.717) is 17.3 Å². The van der Waals surface area contributed by atoms with E-state index in [1.54, 1.807) is 12.1 Å². The number of hydrogen-bond donors (Lipinski definition) is 2. The molecule has 0 aliphatic carbocycles. The molecule has 3 N–H and O–H groups in total. The van der Waals surface area contributed by atoms with Gasteiger partial charge in [-0.2, -0.15) is 0 Å². The zero-order valence-electron chi connectivity index (χ0n) is 10.3. The lowest BCUT2D eigenvalue weighted by Gasteiger charge is -2.08. The molecule has 0 amide bonds. The van der Waals surface area contributed by atoms with Crippen molar-refractivity contribution in [3.05, 3.63) is 57.5 Å². The molecule has 2 rings (SSSR count). The summed E-state index contributed by atoms with van der Waals surface area (Å²) in [5, 5.41) is 8.84. The summed E-state index contributed by atoms with van der Waals surface area (Å²) in [6, 6.07) is 12.0. The summed E-state index contributed by atoms with van der Waals surface area (Å²) >= 11 is 9.33. The maximum absolute atomic E-state index is 11.3. The Morgan fingerprint density at radius 3 is 2.60 bits per heavy atom. The first kappa shape index (κ1) is 15.3. The van der Waals surface area contributed by atoms with Gasteiger partial charge in [0.2, 0.25) is 10.0 Å². The predicted molar refractivity (Wildman–Crippen MR) is 84.3 cm³/mol. The molecule has 2 aromatic carbocycles. The second-order valence-corrected chi connectivity index (χ2v) is 7.00. The second kappa shape index (κ2) is 6.13. The van der Waals surface area contributed by atoms with E-state index in [-0.39, 0.29) is 4.90 Å². The predicted octanol–water partition coefficient (Wildman–Crippen LogP) is 3.36. The molecular weight excluding hydrogens is 364 g/mol. The van der Waals surface area contributed by atoms with Crippen LogP contribution in [0.2, 0.25) is 5.02 Å². The summed E-state index contributed by atoms with van der Waals surface area (Å²) in [4.78, 5) is 0.0799. The smallest absolute Gasteiger partial charge is 0.238 e. The van der Waals surface area contributed by atoms with E-state index in [4.69, 9.17) is 16.7 Å². The Hall–Kier alpha value is -1.08. The summed E-state index contributed by atoms with van der Waals surface area (Å²) in [5.41, 5.74) is 1.66. The van der Waals surface area contributed by atoms with Crippen molar-refractivity contribution in [1.29, 1.82) is 0 Å². The van der Waals surface area contributed by atoms with Crippen LogP contribution in [0.1, 0.15) is 5.56 Å². The number of benzene rings is 2. The van der Waals surface area contributed by atoms with Crippen LogP contribution in [-0.2, 0) is 16.6 Å². The van der Waals surface area contributed by atoms with Gasteiger partial charge in [-0.1, -0.05) is 23.7 Å². The van der Waals surface area contributed by atoms with Gasteiger partial charge in [0.1, 0.15) is 0 Å². The minimum atomic E-state index is -3.69. The fourth-order valence-corrected chi connectivity index (χ4v) is 2.65. The third kappa shape index (κ3) is 3.96. The third-order valence-corrected chi connectivity index (χ3v) is 4.79. The topological polar surface area (TPSA) is 72.2 Å². The lowest BCUT2D eigenvalue weighted by Crippen LogP contribution is -2.12. The van der Waals surface area contributed by atoms with Crippen molar-refractivity contribution in [2.75, 3.05) is 5.32 Å². The Balaban J connectivity index is 2.13. The Morgan fingerprint density at radius 1 is 1.20 bits per heavy atom. The number of halogens is 2. The van der Waals surface area contributed by atoms with Crippen molar-refractivity contribution in [2.24, 2.45) is 5.14 Å². The molecule has 0 bridgehead atoms. The molecular formula is C13H12BrClN2O2S. The van der Waals surface area contributed by atoms with E-state index in [1.165, 1.54) is 12.1 Å². The number of anilines is 1. The molecule has 106 valence electrons. The van der Waals surface area contributed by atoms with E-state index in [1.807, 2.05) is 18.2 Å². The number of nitrogens with two attached hydrogens (primary N) is 1. The number of primary sulfonamides is 1. The fraction of sp³-hybridized carbons (Fsp3) is 0.0769. The van der Waals surface area contributed by atoms with Crippen molar-refractivity contribution < 1.29 is 8.42 Å². The lowest BCUT2D eigenvalue weighted by atomic mass is 10.2. The van der Waals surface area contributed by atoms with Gasteiger partial charge in [0, 0.05) is 16.7 Å². The molecule has 0 saturated carbocycles. The Kier molecular flexibility index (Phi) is 4.70. The number of sulfonamides is 1. The van der Waals surface area contributed by atoms with Crippen LogP contribution >= 0.6 is 27.5 Å². The normalized spacial score (nSPS) is 11.3. The maximum Gasteiger partial charge on any atom is 0.238 e. The van der Waals surface area contributed by atoms with E-state index in [9.17, 15) is 8.42 Å². The third-order valence-electron chi connectivity index (χ3n) is 2.64. The molecule has 0 aliphatic heterocycles. The van der Waals surface area contributed by atoms with Crippen molar-refractivity contribution in [3.63, 3.8) is 0 Å². The Bertz CT molecular complexity index is 735. The van der Waals surface area contributed by atoms with Crippen LogP contribution in [0, 0.1) is 0 Å². The second-order valence-electron chi connectivity index (χ2n) is 4.17. The number of nitrogens with one attached hydrogen (secondary N) is 1. The van der Waals surface area contributed by atoms with Gasteiger partial charge in [0.25, 0.3) is 0 Å². The van der Waals surface area contributed by atoms with Crippen molar-refractivity contribution in [2.45, 2.75) is 11.4 Å². The minimum Gasteiger partial charge on any atom is -0.381 e. The van der Waals surface area contributed by atoms with E-state index >= 15 is 0 Å². The fourth-order valence-electron chi connectivity index (χ4n) is 1.64. The highest BCUT2D eigenvalue weighted by Gasteiger charge is 2.07. The standard InChI is InChI=1S/C13H12BrClN2O2S/c14-12-5-4-9(6-13(12)15)8-17-10-2-1-3-11(7-10)20(16,18)19/h1-7,17H,8H2,(H2,16,18,19). The van der Waals surface area contributed by atoms with Gasteiger partial charge in [-0.3, -0.25) is 0 Å². The van der Waals surface area contributed by atoms with Gasteiger partial charge in [-0.15, -0.1) is 0 Å². The molecule has 0 saturated heterocycles. The van der Waals surface area contributed by atoms with Gasteiger partial charge in [0.05, 0.1) is 9.92 Å². The largest absolute Gasteiger partial charge is 0.381 e. The lowest BCUT2D eigenvalue weighted by molar-refractivity contribution is 0.598. The van der Waals surface area contributed by atoms with Gasteiger partial charge in [-0.05, 0) is 51.8 Å². The first-order chi connectivity index (χ1) is 9.36. The molecule has 20 heavy (non-hydrogen) atoms. The van der Waals surface area contributed by atoms with E-state index in [2.05, 4.69) is 21.2 Å². The van der Waals surface area contributed by atoms with Crippen LogP contribution in [0.3, 0.4) is 0 Å². The maximum atomic E-state index is 11.3.